The van der Waals surface area contributed by atoms with Crippen molar-refractivity contribution in [1.82, 2.24) is 0 Å². The summed E-state index contributed by atoms with van der Waals surface area (Å²) in [6, 6.07) is 19.7. The molecule has 0 radical (unpaired) electrons. The number of halogens is 2. The number of furan rings is 1. The molecule has 144 valence electrons. The zero-order valence-electron chi connectivity index (χ0n) is 14.9. The number of amides is 2. The maximum absolute atomic E-state index is 13.9. The minimum absolute atomic E-state index is 0.0148. The van der Waals surface area contributed by atoms with Gasteiger partial charge in [0, 0.05) is 9.86 Å². The van der Waals surface area contributed by atoms with Crippen molar-refractivity contribution < 1.29 is 18.4 Å². The molecule has 0 aliphatic heterocycles. The van der Waals surface area contributed by atoms with Crippen LogP contribution in [0, 0.1) is 5.82 Å². The lowest BCUT2D eigenvalue weighted by atomic mass is 10.1. The van der Waals surface area contributed by atoms with Crippen molar-refractivity contribution in [2.24, 2.45) is 0 Å². The highest BCUT2D eigenvalue weighted by Gasteiger charge is 2.24. The molecule has 5 nitrogen and oxygen atoms in total. The Morgan fingerprint density at radius 2 is 1.52 bits per heavy atom. The molecule has 0 fully saturated rings. The van der Waals surface area contributed by atoms with Gasteiger partial charge in [0.2, 0.25) is 5.76 Å². The first kappa shape index (κ1) is 18.9. The fourth-order valence-corrected chi connectivity index (χ4v) is 3.36. The second-order valence-electron chi connectivity index (χ2n) is 6.17. The van der Waals surface area contributed by atoms with Crippen molar-refractivity contribution in [3.05, 3.63) is 94.4 Å². The Morgan fingerprint density at radius 1 is 0.828 bits per heavy atom. The minimum Gasteiger partial charge on any atom is -0.449 e. The summed E-state index contributed by atoms with van der Waals surface area (Å²) in [5, 5.41) is 5.80. The Hall–Kier alpha value is -3.45. The zero-order chi connectivity index (χ0) is 20.4. The molecule has 2 N–H and O–H groups in total. The number of anilines is 2. The third kappa shape index (κ3) is 3.77. The van der Waals surface area contributed by atoms with Crippen molar-refractivity contribution in [3.63, 3.8) is 0 Å². The lowest BCUT2D eigenvalue weighted by Gasteiger charge is -2.09. The van der Waals surface area contributed by atoms with Gasteiger partial charge in [0.15, 0.2) is 0 Å². The van der Waals surface area contributed by atoms with Gasteiger partial charge in [0.1, 0.15) is 17.1 Å². The second-order valence-corrected chi connectivity index (χ2v) is 7.02. The first-order valence-corrected chi connectivity index (χ1v) is 9.47. The molecule has 0 unspecified atom stereocenters. The number of para-hydroxylation sites is 2. The molecule has 7 heteroatoms. The lowest BCUT2D eigenvalue weighted by Crippen LogP contribution is -2.18. The van der Waals surface area contributed by atoms with Gasteiger partial charge in [-0.25, -0.2) is 4.39 Å². The summed E-state index contributed by atoms with van der Waals surface area (Å²) >= 11 is 3.35. The van der Waals surface area contributed by atoms with Crippen LogP contribution in [0.4, 0.5) is 15.8 Å². The van der Waals surface area contributed by atoms with E-state index in [1.807, 2.05) is 0 Å². The molecule has 0 saturated heterocycles. The van der Waals surface area contributed by atoms with E-state index in [-0.39, 0.29) is 17.1 Å². The molecule has 2 amide bonds. The molecule has 4 aromatic rings. The van der Waals surface area contributed by atoms with Crippen LogP contribution >= 0.6 is 15.9 Å². The lowest BCUT2D eigenvalue weighted by molar-refractivity contribution is 0.0999. The Bertz CT molecular complexity index is 1240. The van der Waals surface area contributed by atoms with Crippen LogP contribution in [0.15, 0.2) is 81.7 Å². The molecule has 0 atom stereocenters. The molecule has 29 heavy (non-hydrogen) atoms. The Balaban J connectivity index is 1.73. The highest BCUT2D eigenvalue weighted by Crippen LogP contribution is 2.32. The summed E-state index contributed by atoms with van der Waals surface area (Å²) in [7, 11) is 0. The molecule has 1 heterocycles. The number of hydrogen-bond donors (Lipinski definition) is 2. The van der Waals surface area contributed by atoms with Gasteiger partial charge in [0.25, 0.3) is 11.8 Å². The van der Waals surface area contributed by atoms with Gasteiger partial charge in [-0.2, -0.15) is 0 Å². The van der Waals surface area contributed by atoms with Gasteiger partial charge < -0.3 is 15.1 Å². The number of benzene rings is 3. The van der Waals surface area contributed by atoms with E-state index in [1.54, 1.807) is 54.6 Å². The van der Waals surface area contributed by atoms with Crippen molar-refractivity contribution in [1.29, 1.82) is 0 Å². The third-order valence-corrected chi connectivity index (χ3v) is 4.97. The predicted molar refractivity (Wildman–Crippen MR) is 113 cm³/mol. The van der Waals surface area contributed by atoms with E-state index in [1.165, 1.54) is 18.2 Å². The standard InChI is InChI=1S/C22H14BrFN2O3/c23-15-9-3-1-7-13(15)21(27)26-19-14-8-2-6-12-18(14)29-20(19)22(28)25-17-11-5-4-10-16(17)24/h1-12H,(H,25,28)(H,26,27). The predicted octanol–water partition coefficient (Wildman–Crippen LogP) is 5.84. The SMILES string of the molecule is O=C(Nc1c(C(=O)Nc2ccccc2F)oc2ccccc12)c1ccccc1Br. The van der Waals surface area contributed by atoms with Crippen LogP contribution in [0.3, 0.4) is 0 Å². The molecule has 1 aromatic heterocycles. The van der Waals surface area contributed by atoms with Gasteiger partial charge in [-0.05, 0) is 52.3 Å². The van der Waals surface area contributed by atoms with E-state index in [4.69, 9.17) is 4.42 Å². The quantitative estimate of drug-likeness (QED) is 0.408. The summed E-state index contributed by atoms with van der Waals surface area (Å²) in [4.78, 5) is 25.6. The summed E-state index contributed by atoms with van der Waals surface area (Å²) in [5.74, 6) is -1.77. The highest BCUT2D eigenvalue weighted by atomic mass is 79.9. The molecule has 0 bridgehead atoms. The fraction of sp³-hybridized carbons (Fsp3) is 0. The van der Waals surface area contributed by atoms with Gasteiger partial charge in [-0.3, -0.25) is 9.59 Å². The molecule has 3 aromatic carbocycles. The number of carbonyl (C=O) groups is 2. The molecule has 0 saturated carbocycles. The maximum atomic E-state index is 13.9. The first-order valence-electron chi connectivity index (χ1n) is 8.68. The minimum atomic E-state index is -0.672. The van der Waals surface area contributed by atoms with Crippen molar-refractivity contribution in [2.45, 2.75) is 0 Å². The van der Waals surface area contributed by atoms with E-state index in [9.17, 15) is 14.0 Å². The maximum Gasteiger partial charge on any atom is 0.293 e. The van der Waals surface area contributed by atoms with Gasteiger partial charge >= 0.3 is 0 Å². The first-order chi connectivity index (χ1) is 14.0. The van der Waals surface area contributed by atoms with Crippen LogP contribution in [0.1, 0.15) is 20.9 Å². The van der Waals surface area contributed by atoms with Gasteiger partial charge in [-0.1, -0.05) is 36.4 Å². The number of rotatable bonds is 4. The summed E-state index contributed by atoms with van der Waals surface area (Å²) < 4.78 is 20.2. The van der Waals surface area contributed by atoms with Crippen molar-refractivity contribution in [3.8, 4) is 0 Å². The molecule has 0 spiro atoms. The van der Waals surface area contributed by atoms with E-state index in [2.05, 4.69) is 26.6 Å². The summed E-state index contributed by atoms with van der Waals surface area (Å²) in [6.07, 6.45) is 0. The molecular formula is C22H14BrFN2O3. The van der Waals surface area contributed by atoms with E-state index in [0.29, 0.717) is 21.0 Å². The van der Waals surface area contributed by atoms with Crippen LogP contribution in [0.5, 0.6) is 0 Å². The smallest absolute Gasteiger partial charge is 0.293 e. The Labute approximate surface area is 173 Å². The van der Waals surface area contributed by atoms with Crippen molar-refractivity contribution in [2.75, 3.05) is 10.6 Å². The van der Waals surface area contributed by atoms with E-state index >= 15 is 0 Å². The average Bonchev–Trinajstić information content (AvgIpc) is 3.08. The Morgan fingerprint density at radius 3 is 2.31 bits per heavy atom. The normalized spacial score (nSPS) is 10.7. The van der Waals surface area contributed by atoms with Crippen LogP contribution in [0.2, 0.25) is 0 Å². The summed E-state index contributed by atoms with van der Waals surface area (Å²) in [6.45, 7) is 0. The monoisotopic (exact) mass is 452 g/mol. The number of hydrogen-bond acceptors (Lipinski definition) is 3. The van der Waals surface area contributed by atoms with E-state index < -0.39 is 17.6 Å². The molecule has 0 aliphatic carbocycles. The number of nitrogens with one attached hydrogen (secondary N) is 2. The van der Waals surface area contributed by atoms with Crippen molar-refractivity contribution >= 4 is 50.1 Å². The fourth-order valence-electron chi connectivity index (χ4n) is 2.90. The Kier molecular flexibility index (Phi) is 5.14. The third-order valence-electron chi connectivity index (χ3n) is 4.28. The van der Waals surface area contributed by atoms with Crippen LogP contribution in [-0.4, -0.2) is 11.8 Å². The molecule has 0 aliphatic rings. The van der Waals surface area contributed by atoms with Gasteiger partial charge in [-0.15, -0.1) is 0 Å². The van der Waals surface area contributed by atoms with Gasteiger partial charge in [0.05, 0.1) is 11.3 Å². The zero-order valence-corrected chi connectivity index (χ0v) is 16.5. The molecule has 4 rings (SSSR count). The second kappa shape index (κ2) is 7.89. The van der Waals surface area contributed by atoms with Crippen LogP contribution in [-0.2, 0) is 0 Å². The number of fused-ring (bicyclic) bond motifs is 1. The summed E-state index contributed by atoms with van der Waals surface area (Å²) in [5.41, 5.74) is 1.06. The number of carbonyl (C=O) groups excluding carboxylic acids is 2. The topological polar surface area (TPSA) is 71.3 Å². The van der Waals surface area contributed by atoms with Crippen LogP contribution in [0.25, 0.3) is 11.0 Å². The largest absolute Gasteiger partial charge is 0.449 e. The average molecular weight is 453 g/mol. The molecular weight excluding hydrogens is 439 g/mol. The highest BCUT2D eigenvalue weighted by molar-refractivity contribution is 9.10. The van der Waals surface area contributed by atoms with E-state index in [0.717, 1.165) is 0 Å². The van der Waals surface area contributed by atoms with Crippen LogP contribution < -0.4 is 10.6 Å².